The van der Waals surface area contributed by atoms with Crippen molar-refractivity contribution in [1.29, 1.82) is 0 Å². The molecule has 1 aliphatic carbocycles. The minimum Gasteiger partial charge on any atom is -0.489 e. The highest BCUT2D eigenvalue weighted by atomic mass is 79.9. The van der Waals surface area contributed by atoms with E-state index in [1.807, 2.05) is 42.1 Å². The van der Waals surface area contributed by atoms with Crippen molar-refractivity contribution < 1.29 is 14.6 Å². The summed E-state index contributed by atoms with van der Waals surface area (Å²) in [5.41, 5.74) is 5.18. The molecule has 0 aliphatic heterocycles. The second-order valence-corrected chi connectivity index (χ2v) is 11.5. The molecule has 1 heterocycles. The molecule has 2 aromatic carbocycles. The zero-order valence-corrected chi connectivity index (χ0v) is 22.1. The van der Waals surface area contributed by atoms with Crippen LogP contribution in [0.4, 0.5) is 0 Å². The van der Waals surface area contributed by atoms with Crippen LogP contribution in [0.25, 0.3) is 0 Å². The van der Waals surface area contributed by atoms with E-state index in [0.29, 0.717) is 6.61 Å². The van der Waals surface area contributed by atoms with E-state index in [-0.39, 0.29) is 23.2 Å². The number of imidazole rings is 1. The number of aromatic nitrogens is 2. The minimum atomic E-state index is -0.850. The van der Waals surface area contributed by atoms with Crippen molar-refractivity contribution in [2.75, 3.05) is 0 Å². The van der Waals surface area contributed by atoms with Crippen LogP contribution in [-0.4, -0.2) is 20.6 Å². The van der Waals surface area contributed by atoms with Gasteiger partial charge in [0.1, 0.15) is 18.2 Å². The van der Waals surface area contributed by atoms with Gasteiger partial charge in [0, 0.05) is 29.5 Å². The third-order valence-corrected chi connectivity index (χ3v) is 7.98. The van der Waals surface area contributed by atoms with Crippen LogP contribution >= 0.6 is 15.9 Å². The van der Waals surface area contributed by atoms with Gasteiger partial charge < -0.3 is 14.4 Å². The van der Waals surface area contributed by atoms with Crippen molar-refractivity contribution in [3.8, 4) is 5.75 Å². The molecular weight excluding hydrogens is 492 g/mol. The number of rotatable bonds is 7. The fourth-order valence-electron chi connectivity index (χ4n) is 4.95. The van der Waals surface area contributed by atoms with E-state index < -0.39 is 5.97 Å². The smallest absolute Gasteiger partial charge is 0.304 e. The van der Waals surface area contributed by atoms with Crippen molar-refractivity contribution in [2.24, 2.45) is 7.05 Å². The van der Waals surface area contributed by atoms with Crippen LogP contribution in [0.2, 0.25) is 0 Å². The highest BCUT2D eigenvalue weighted by Crippen LogP contribution is 2.47. The van der Waals surface area contributed by atoms with E-state index in [9.17, 15) is 9.90 Å². The second-order valence-electron chi connectivity index (χ2n) is 10.7. The topological polar surface area (TPSA) is 64.4 Å². The zero-order chi connectivity index (χ0) is 24.7. The Morgan fingerprint density at radius 1 is 1.12 bits per heavy atom. The van der Waals surface area contributed by atoms with Gasteiger partial charge in [-0.05, 0) is 58.6 Å². The maximum atomic E-state index is 11.5. The first-order valence-electron chi connectivity index (χ1n) is 11.7. The van der Waals surface area contributed by atoms with Crippen LogP contribution in [0.1, 0.15) is 81.0 Å². The summed E-state index contributed by atoms with van der Waals surface area (Å²) in [5.74, 6) is 0.324. The lowest BCUT2D eigenvalue weighted by Gasteiger charge is -2.42. The number of carbonyl (C=O) groups is 1. The number of hydrogen-bond donors (Lipinski definition) is 1. The molecule has 6 heteroatoms. The van der Waals surface area contributed by atoms with Crippen molar-refractivity contribution in [3.63, 3.8) is 0 Å². The Hall–Kier alpha value is -2.60. The predicted octanol–water partition coefficient (Wildman–Crippen LogP) is 6.72. The fraction of sp³-hybridized carbons (Fsp3) is 0.429. The maximum Gasteiger partial charge on any atom is 0.304 e. The largest absolute Gasteiger partial charge is 0.489 e. The average molecular weight is 525 g/mol. The molecule has 1 atom stereocenters. The molecule has 0 saturated heterocycles. The lowest BCUT2D eigenvalue weighted by Crippen LogP contribution is -2.34. The van der Waals surface area contributed by atoms with Crippen LogP contribution in [0.15, 0.2) is 53.3 Å². The minimum absolute atomic E-state index is 0.0146. The number of carboxylic acids is 1. The summed E-state index contributed by atoms with van der Waals surface area (Å²) in [6.07, 6.45) is 5.87. The van der Waals surface area contributed by atoms with Gasteiger partial charge in [-0.3, -0.25) is 4.79 Å². The van der Waals surface area contributed by atoms with E-state index in [1.165, 1.54) is 24.0 Å². The number of fused-ring (bicyclic) bond motifs is 1. The van der Waals surface area contributed by atoms with Crippen LogP contribution in [-0.2, 0) is 29.3 Å². The molecule has 1 unspecified atom stereocenters. The molecule has 0 amide bonds. The van der Waals surface area contributed by atoms with Gasteiger partial charge >= 0.3 is 5.97 Å². The predicted molar refractivity (Wildman–Crippen MR) is 138 cm³/mol. The molecule has 0 bridgehead atoms. The van der Waals surface area contributed by atoms with Gasteiger partial charge in [-0.15, -0.1) is 0 Å². The first-order valence-corrected chi connectivity index (χ1v) is 12.5. The number of benzene rings is 2. The van der Waals surface area contributed by atoms with Crippen LogP contribution in [0.5, 0.6) is 5.75 Å². The Bertz CT molecular complexity index is 1190. The lowest BCUT2D eigenvalue weighted by molar-refractivity contribution is -0.137. The van der Waals surface area contributed by atoms with Crippen molar-refractivity contribution in [1.82, 2.24) is 9.55 Å². The Balaban J connectivity index is 1.54. The molecule has 1 aromatic heterocycles. The summed E-state index contributed by atoms with van der Waals surface area (Å²) in [7, 11) is 1.88. The van der Waals surface area contributed by atoms with Crippen LogP contribution in [0.3, 0.4) is 0 Å². The highest BCUT2D eigenvalue weighted by molar-refractivity contribution is 9.10. The molecule has 0 spiro atoms. The fourth-order valence-corrected chi connectivity index (χ4v) is 5.40. The van der Waals surface area contributed by atoms with Gasteiger partial charge in [0.2, 0.25) is 0 Å². The summed E-state index contributed by atoms with van der Waals surface area (Å²) in [5, 5.41) is 9.41. The molecular formula is C28H33BrN2O3. The highest BCUT2D eigenvalue weighted by Gasteiger charge is 2.37. The molecule has 1 N–H and O–H groups in total. The second kappa shape index (κ2) is 9.21. The lowest BCUT2D eigenvalue weighted by atomic mass is 9.63. The van der Waals surface area contributed by atoms with Gasteiger partial charge in [-0.25, -0.2) is 4.98 Å². The number of halogens is 1. The summed E-state index contributed by atoms with van der Waals surface area (Å²) >= 11 is 3.78. The van der Waals surface area contributed by atoms with Gasteiger partial charge in [0.25, 0.3) is 0 Å². The van der Waals surface area contributed by atoms with E-state index in [4.69, 9.17) is 4.74 Å². The SMILES string of the molecule is Cn1ccnc1C(CC(=O)O)c1ccc(OCc2cc3c(cc2Br)C(C)(C)CCC3(C)C)cc1. The molecule has 34 heavy (non-hydrogen) atoms. The third-order valence-electron chi connectivity index (χ3n) is 7.25. The summed E-state index contributed by atoms with van der Waals surface area (Å²) in [6.45, 7) is 9.77. The number of aliphatic carboxylic acids is 1. The molecule has 5 nitrogen and oxygen atoms in total. The van der Waals surface area contributed by atoms with Gasteiger partial charge in [0.15, 0.2) is 0 Å². The van der Waals surface area contributed by atoms with Crippen molar-refractivity contribution in [2.45, 2.75) is 70.3 Å². The molecule has 4 rings (SSSR count). The number of carboxylic acid groups (broad SMARTS) is 1. The Morgan fingerprint density at radius 3 is 2.29 bits per heavy atom. The number of ether oxygens (including phenoxy) is 1. The summed E-state index contributed by atoms with van der Waals surface area (Å²) in [4.78, 5) is 15.8. The number of nitrogens with zero attached hydrogens (tertiary/aromatic N) is 2. The number of hydrogen-bond acceptors (Lipinski definition) is 3. The van der Waals surface area contributed by atoms with Gasteiger partial charge in [0.05, 0.1) is 12.3 Å². The van der Waals surface area contributed by atoms with Gasteiger partial charge in [-0.1, -0.05) is 61.8 Å². The Morgan fingerprint density at radius 2 is 1.74 bits per heavy atom. The quantitative estimate of drug-likeness (QED) is 0.372. The van der Waals surface area contributed by atoms with Crippen molar-refractivity contribution >= 4 is 21.9 Å². The Labute approximate surface area is 210 Å². The van der Waals surface area contributed by atoms with E-state index in [1.54, 1.807) is 6.20 Å². The summed E-state index contributed by atoms with van der Waals surface area (Å²) < 4.78 is 9.09. The summed E-state index contributed by atoms with van der Waals surface area (Å²) in [6, 6.07) is 12.3. The zero-order valence-electron chi connectivity index (χ0n) is 20.6. The first kappa shape index (κ1) is 24.5. The van der Waals surface area contributed by atoms with Crippen molar-refractivity contribution in [3.05, 3.63) is 81.3 Å². The Kier molecular flexibility index (Phi) is 6.65. The molecule has 0 radical (unpaired) electrons. The standard InChI is InChI=1S/C28H33BrN2O3/c1-27(2)10-11-28(3,4)23-16-24(29)19(14-22(23)27)17-34-20-8-6-18(7-9-20)21(15-25(32)33)26-30-12-13-31(26)5/h6-9,12-14,16,21H,10-11,15,17H2,1-5H3,(H,32,33). The van der Waals surface area contributed by atoms with Gasteiger partial charge in [-0.2, -0.15) is 0 Å². The van der Waals surface area contributed by atoms with E-state index >= 15 is 0 Å². The molecule has 1 aliphatic rings. The number of aryl methyl sites for hydroxylation is 1. The molecule has 180 valence electrons. The monoisotopic (exact) mass is 524 g/mol. The maximum absolute atomic E-state index is 11.5. The average Bonchev–Trinajstić information content (AvgIpc) is 3.20. The third kappa shape index (κ3) is 4.92. The molecule has 0 fully saturated rings. The molecule has 0 saturated carbocycles. The van der Waals surface area contributed by atoms with Crippen LogP contribution in [0, 0.1) is 0 Å². The molecule has 3 aromatic rings. The van der Waals surface area contributed by atoms with E-state index in [0.717, 1.165) is 27.2 Å². The first-order chi connectivity index (χ1) is 16.0. The van der Waals surface area contributed by atoms with Crippen LogP contribution < -0.4 is 4.74 Å². The van der Waals surface area contributed by atoms with E-state index in [2.05, 4.69) is 60.7 Å². The normalized spacial score (nSPS) is 17.1.